The summed E-state index contributed by atoms with van der Waals surface area (Å²) in [4.78, 5) is 0. The Bertz CT molecular complexity index is 2680. The van der Waals surface area contributed by atoms with Crippen molar-refractivity contribution in [2.45, 2.75) is 45.4 Å². The third-order valence-corrected chi connectivity index (χ3v) is 30.1. The molecule has 0 aliphatic rings. The van der Waals surface area contributed by atoms with E-state index >= 15 is 0 Å². The number of halogens is 24. The molecule has 0 atom stereocenters. The minimum Gasteiger partial charge on any atom is -0.860 e. The summed E-state index contributed by atoms with van der Waals surface area (Å²) in [5, 5.41) is 20.1. The van der Waals surface area contributed by atoms with Crippen molar-refractivity contribution in [1.29, 1.82) is 0 Å². The molecule has 0 bridgehead atoms. The van der Waals surface area contributed by atoms with Crippen molar-refractivity contribution in [3.05, 3.63) is 211 Å². The lowest BCUT2D eigenvalue weighted by Gasteiger charge is -2.54. The van der Waals surface area contributed by atoms with Crippen LogP contribution in [0.15, 0.2) is 200 Å². The summed E-state index contributed by atoms with van der Waals surface area (Å²) in [6.45, 7) is 0. The number of hydrogen-bond acceptors (Lipinski definition) is 3. The summed E-state index contributed by atoms with van der Waals surface area (Å²) >= 11 is 121. The normalized spacial score (nSPS) is 13.5. The van der Waals surface area contributed by atoms with Crippen molar-refractivity contribution in [3.63, 3.8) is 0 Å². The number of benzene rings is 7. The minimum absolute atomic E-state index is 0.141. The van der Waals surface area contributed by atoms with E-state index in [0.717, 1.165) is 0 Å². The minimum atomic E-state index is -5.05. The quantitative estimate of drug-likeness (QED) is 0.0593. The smallest absolute Gasteiger partial charge is 0.416 e. The van der Waals surface area contributed by atoms with Crippen LogP contribution in [0.2, 0.25) is 0 Å². The highest BCUT2D eigenvalue weighted by Crippen LogP contribution is 2.84. The monoisotopic (exact) mass is 1520 g/mol. The van der Waals surface area contributed by atoms with Gasteiger partial charge in [-0.2, -0.15) is 26.3 Å². The van der Waals surface area contributed by atoms with Gasteiger partial charge in [0.05, 0.1) is 16.9 Å². The number of alkyl halides is 24. The van der Waals surface area contributed by atoms with E-state index in [1.807, 2.05) is 182 Å². The number of hydrogen-bond donors (Lipinski definition) is 0. The van der Waals surface area contributed by atoms with E-state index < -0.39 is 84.1 Å². The molecular weight excluding hydrogens is 1500 g/mol. The van der Waals surface area contributed by atoms with Gasteiger partial charge in [0, 0.05) is 0 Å². The van der Waals surface area contributed by atoms with E-state index in [1.54, 1.807) is 0 Å². The van der Waals surface area contributed by atoms with Crippen molar-refractivity contribution < 1.29 is 41.0 Å². The first kappa shape index (κ1) is 72.7. The first-order valence-electron chi connectivity index (χ1n) is 22.4. The maximum Gasteiger partial charge on any atom is 0.416 e. The second-order valence-electron chi connectivity index (χ2n) is 16.9. The van der Waals surface area contributed by atoms with Crippen LogP contribution in [0.25, 0.3) is 0 Å². The van der Waals surface area contributed by atoms with Crippen molar-refractivity contribution >= 4 is 262 Å². The Balaban J connectivity index is 0.000000235. The van der Waals surface area contributed by atoms with Crippen LogP contribution in [0.4, 0.5) is 26.3 Å². The molecule has 7 aromatic carbocycles. The molecule has 0 heterocycles. The lowest BCUT2D eigenvalue weighted by Crippen LogP contribution is -2.68. The van der Waals surface area contributed by atoms with Gasteiger partial charge < -0.3 is 14.7 Å². The fourth-order valence-corrected chi connectivity index (χ4v) is 33.8. The van der Waals surface area contributed by atoms with E-state index in [0.29, 0.717) is 31.8 Å². The molecule has 0 aliphatic carbocycles. The van der Waals surface area contributed by atoms with Gasteiger partial charge in [0.15, 0.2) is 0 Å². The summed E-state index contributed by atoms with van der Waals surface area (Å²) in [6, 6.07) is 55.8. The lowest BCUT2D eigenvalue weighted by atomic mass is 10.1. The molecule has 0 fully saturated rings. The van der Waals surface area contributed by atoms with Gasteiger partial charge in [0.1, 0.15) is 53.7 Å². The summed E-state index contributed by atoms with van der Waals surface area (Å²) in [7, 11) is -9.71. The molecule has 0 amide bonds. The molecule has 0 saturated heterocycles. The van der Waals surface area contributed by atoms with Gasteiger partial charge in [-0.25, -0.2) is 0 Å². The molecule has 440 valence electrons. The third kappa shape index (κ3) is 14.7. The highest BCUT2D eigenvalue weighted by atomic mass is 35.6. The maximum atomic E-state index is 12.3. The predicted octanol–water partition coefficient (Wildman–Crippen LogP) is 18.5. The van der Waals surface area contributed by atoms with E-state index in [1.165, 1.54) is 0 Å². The fourth-order valence-electron chi connectivity index (χ4n) is 9.18. The lowest BCUT2D eigenvalue weighted by molar-refractivity contribution is -0.372. The second-order valence-corrected chi connectivity index (χ2v) is 37.7. The van der Waals surface area contributed by atoms with Crippen molar-refractivity contribution in [2.75, 3.05) is 0 Å². The molecule has 0 aromatic heterocycles. The molecule has 0 unspecified atom stereocenters. The van der Waals surface area contributed by atoms with Crippen LogP contribution < -0.4 is 46.5 Å². The third-order valence-electron chi connectivity index (χ3n) is 12.1. The molecule has 7 rings (SSSR count). The second kappa shape index (κ2) is 28.0. The average molecular weight is 1530 g/mol. The van der Waals surface area contributed by atoms with Gasteiger partial charge >= 0.3 is 12.4 Å². The van der Waals surface area contributed by atoms with Gasteiger partial charge in [0.25, 0.3) is 0 Å². The Hall–Kier alpha value is -0.0151. The summed E-state index contributed by atoms with van der Waals surface area (Å²) in [6.07, 6.45) is -10.1. The van der Waals surface area contributed by atoms with Gasteiger partial charge in [0.2, 0.25) is 33.1 Å². The summed E-state index contributed by atoms with van der Waals surface area (Å²) in [5.74, 6) is -1.08. The molecule has 7 aromatic rings. The van der Waals surface area contributed by atoms with E-state index in [4.69, 9.17) is 209 Å². The highest BCUT2D eigenvalue weighted by Gasteiger charge is 2.88. The average Bonchev–Trinajstić information content (AvgIpc) is 0.839. The molecule has 0 aliphatic heterocycles. The summed E-state index contributed by atoms with van der Waals surface area (Å²) in [5.41, 5.74) is -3.32. The van der Waals surface area contributed by atoms with Crippen molar-refractivity contribution in [1.82, 2.24) is 0 Å². The largest absolute Gasteiger partial charge is 0.860 e. The van der Waals surface area contributed by atoms with Crippen LogP contribution in [0.1, 0.15) is 11.1 Å². The van der Waals surface area contributed by atoms with Gasteiger partial charge in [-0.3, -0.25) is 0 Å². The van der Waals surface area contributed by atoms with E-state index in [9.17, 15) is 36.4 Å². The Morgan fingerprint density at radius 1 is 0.293 bits per heavy atom. The summed E-state index contributed by atoms with van der Waals surface area (Å²) < 4.78 is 63.5. The zero-order valence-electron chi connectivity index (χ0n) is 40.3. The Morgan fingerprint density at radius 2 is 0.463 bits per heavy atom. The van der Waals surface area contributed by atoms with Crippen molar-refractivity contribution in [2.24, 2.45) is 0 Å². The predicted molar refractivity (Wildman–Crippen MR) is 340 cm³/mol. The zero-order valence-corrected chi connectivity index (χ0v) is 55.7. The molecule has 0 radical (unpaired) electrons. The first-order chi connectivity index (χ1) is 37.6. The van der Waals surface area contributed by atoms with E-state index in [2.05, 4.69) is 4.65 Å². The molecule has 0 N–H and O–H groups in total. The molecule has 30 heteroatoms. The zero-order chi connectivity index (χ0) is 61.8. The molecule has 0 spiro atoms. The van der Waals surface area contributed by atoms with E-state index in [-0.39, 0.29) is 18.2 Å². The molecular formula is C52H33BCl18F6O3P2. The van der Waals surface area contributed by atoms with Crippen LogP contribution in [-0.2, 0) is 12.4 Å². The Kier molecular flexibility index (Phi) is 24.8. The fraction of sp³-hybridized carbons (Fsp3) is 0.192. The topological polar surface area (TPSA) is 55.3 Å². The van der Waals surface area contributed by atoms with Crippen LogP contribution in [0.3, 0.4) is 0 Å². The maximum absolute atomic E-state index is 12.3. The SMILES string of the molecule is ClC(Cl)(Cl)C(C(Cl)(Cl)Cl)(C(Cl)(Cl)Cl)[P+](c1ccccc1)(c1ccccc1)c1ccccc1.ClC(Cl)(Cl)C(C(Cl)(Cl)Cl)(C(Cl)(Cl)Cl)[P+](c1ccccc1)(c1ccccc1)c1ccccc1.[O-]B([O-])Oc1cc(C(F)(F)F)cc(C(F)(F)F)c1. The molecule has 3 nitrogen and oxygen atoms in total. The standard InChI is InChI=1S/2C22H15Cl9P.C8H3BF6O3/c2*23-20(24,25)19(21(26,27)28,22(29,30)31)32(16-10-4-1-5-11-16,17-12-6-2-7-13-17)18-14-8-3-9-15-18;10-7(11,12)4-1-5(8(13,14)15)3-6(2-4)18-9(16)17/h2*1-15H;1-3H/q2*+1;-2. The van der Waals surface area contributed by atoms with Crippen molar-refractivity contribution in [3.8, 4) is 5.75 Å². The van der Waals surface area contributed by atoms with Crippen LogP contribution in [0, 0.1) is 0 Å². The Morgan fingerprint density at radius 3 is 0.598 bits per heavy atom. The first-order valence-corrected chi connectivity index (χ1v) is 32.8. The van der Waals surface area contributed by atoms with Crippen LogP contribution >= 0.6 is 223 Å². The van der Waals surface area contributed by atoms with Gasteiger partial charge in [-0.1, -0.05) is 318 Å². The number of rotatable bonds is 10. The van der Waals surface area contributed by atoms with Crippen LogP contribution in [-0.4, -0.2) is 40.4 Å². The van der Waals surface area contributed by atoms with Crippen LogP contribution in [0.5, 0.6) is 5.75 Å². The van der Waals surface area contributed by atoms with Gasteiger partial charge in [-0.15, -0.1) is 0 Å². The highest BCUT2D eigenvalue weighted by molar-refractivity contribution is 7.98. The Labute approximate surface area is 560 Å². The molecule has 82 heavy (non-hydrogen) atoms. The molecule has 0 saturated carbocycles. The van der Waals surface area contributed by atoms with Gasteiger partial charge in [-0.05, 0) is 91.0 Å².